The molecule has 0 amide bonds. The number of aromatic nitrogens is 3. The van der Waals surface area contributed by atoms with Crippen molar-refractivity contribution in [1.29, 1.82) is 0 Å². The molecular formula is C13H22N6O. The molecule has 20 heavy (non-hydrogen) atoms. The van der Waals surface area contributed by atoms with Crippen molar-refractivity contribution in [2.24, 2.45) is 0 Å². The van der Waals surface area contributed by atoms with Crippen LogP contribution in [0.5, 0.6) is 0 Å². The van der Waals surface area contributed by atoms with Crippen LogP contribution in [0.4, 0.5) is 17.8 Å². The van der Waals surface area contributed by atoms with Crippen LogP contribution in [0.1, 0.15) is 32.6 Å². The van der Waals surface area contributed by atoms with Crippen molar-refractivity contribution in [1.82, 2.24) is 15.0 Å². The molecule has 2 saturated heterocycles. The largest absolute Gasteiger partial charge is 0.379 e. The number of nitrogens with one attached hydrogen (secondary N) is 1. The minimum absolute atomic E-state index is 0.118. The van der Waals surface area contributed by atoms with E-state index in [-0.39, 0.29) is 11.5 Å². The van der Waals surface area contributed by atoms with E-state index in [9.17, 15) is 0 Å². The summed E-state index contributed by atoms with van der Waals surface area (Å²) in [6.07, 6.45) is 4.58. The summed E-state index contributed by atoms with van der Waals surface area (Å²) in [5.74, 6) is 1.50. The number of rotatable bonds is 3. The highest BCUT2D eigenvalue weighted by Gasteiger charge is 2.30. The van der Waals surface area contributed by atoms with E-state index in [0.717, 1.165) is 26.1 Å². The maximum atomic E-state index is 5.82. The van der Waals surface area contributed by atoms with Crippen LogP contribution in [0, 0.1) is 0 Å². The average molecular weight is 278 g/mol. The molecule has 0 saturated carbocycles. The molecule has 0 bridgehead atoms. The van der Waals surface area contributed by atoms with Gasteiger partial charge in [-0.2, -0.15) is 15.0 Å². The summed E-state index contributed by atoms with van der Waals surface area (Å²) in [6, 6.07) is 0. The van der Waals surface area contributed by atoms with E-state index in [1.54, 1.807) is 0 Å². The van der Waals surface area contributed by atoms with Gasteiger partial charge in [-0.1, -0.05) is 0 Å². The number of hydrogen-bond acceptors (Lipinski definition) is 7. The second-order valence-corrected chi connectivity index (χ2v) is 5.85. The highest BCUT2D eigenvalue weighted by atomic mass is 16.5. The lowest BCUT2D eigenvalue weighted by atomic mass is 10.0. The Hall–Kier alpha value is -1.63. The molecule has 3 heterocycles. The molecule has 7 heteroatoms. The van der Waals surface area contributed by atoms with E-state index in [1.807, 2.05) is 0 Å². The summed E-state index contributed by atoms with van der Waals surface area (Å²) in [6.45, 7) is 5.52. The first-order valence-electron chi connectivity index (χ1n) is 7.27. The monoisotopic (exact) mass is 278 g/mol. The minimum atomic E-state index is -0.118. The first kappa shape index (κ1) is 13.4. The Morgan fingerprint density at radius 1 is 1.20 bits per heavy atom. The van der Waals surface area contributed by atoms with Crippen LogP contribution in [0.15, 0.2) is 0 Å². The van der Waals surface area contributed by atoms with Gasteiger partial charge in [0.1, 0.15) is 0 Å². The first-order chi connectivity index (χ1) is 9.65. The third kappa shape index (κ3) is 2.92. The highest BCUT2D eigenvalue weighted by molar-refractivity contribution is 5.43. The minimum Gasteiger partial charge on any atom is -0.379 e. The Balaban J connectivity index is 1.78. The zero-order valence-corrected chi connectivity index (χ0v) is 11.9. The lowest BCUT2D eigenvalue weighted by Gasteiger charge is -2.28. The van der Waals surface area contributed by atoms with Crippen molar-refractivity contribution in [2.45, 2.75) is 38.1 Å². The molecule has 2 aliphatic rings. The Labute approximate surface area is 118 Å². The van der Waals surface area contributed by atoms with E-state index in [1.165, 1.54) is 19.3 Å². The quantitative estimate of drug-likeness (QED) is 0.853. The van der Waals surface area contributed by atoms with Gasteiger partial charge < -0.3 is 20.7 Å². The molecule has 0 aliphatic carbocycles. The topological polar surface area (TPSA) is 89.2 Å². The van der Waals surface area contributed by atoms with Crippen LogP contribution in [0.3, 0.4) is 0 Å². The van der Waals surface area contributed by atoms with Crippen LogP contribution in [0.25, 0.3) is 0 Å². The van der Waals surface area contributed by atoms with Crippen molar-refractivity contribution in [3.8, 4) is 0 Å². The van der Waals surface area contributed by atoms with Gasteiger partial charge >= 0.3 is 0 Å². The maximum Gasteiger partial charge on any atom is 0.231 e. The molecule has 110 valence electrons. The Morgan fingerprint density at radius 3 is 2.70 bits per heavy atom. The zero-order valence-electron chi connectivity index (χ0n) is 11.9. The molecule has 0 aromatic carbocycles. The molecule has 1 unspecified atom stereocenters. The Bertz CT molecular complexity index is 468. The Morgan fingerprint density at radius 2 is 2.00 bits per heavy atom. The lowest BCUT2D eigenvalue weighted by Crippen LogP contribution is -2.37. The molecule has 2 aliphatic heterocycles. The van der Waals surface area contributed by atoms with E-state index in [4.69, 9.17) is 10.5 Å². The second kappa shape index (κ2) is 5.40. The second-order valence-electron chi connectivity index (χ2n) is 5.85. The lowest BCUT2D eigenvalue weighted by molar-refractivity contribution is 0.185. The van der Waals surface area contributed by atoms with Crippen molar-refractivity contribution >= 4 is 17.8 Å². The van der Waals surface area contributed by atoms with Gasteiger partial charge in [0.15, 0.2) is 0 Å². The predicted molar refractivity (Wildman–Crippen MR) is 77.8 cm³/mol. The normalized spacial score (nSPS) is 26.8. The third-order valence-corrected chi connectivity index (χ3v) is 3.91. The summed E-state index contributed by atoms with van der Waals surface area (Å²) in [5.41, 5.74) is 5.71. The van der Waals surface area contributed by atoms with Crippen LogP contribution in [0.2, 0.25) is 0 Å². The molecular weight excluding hydrogens is 256 g/mol. The Kier molecular flexibility index (Phi) is 3.60. The summed E-state index contributed by atoms with van der Waals surface area (Å²) < 4.78 is 5.43. The summed E-state index contributed by atoms with van der Waals surface area (Å²) in [5, 5.41) is 3.34. The van der Waals surface area contributed by atoms with Gasteiger partial charge in [-0.15, -0.1) is 0 Å². The van der Waals surface area contributed by atoms with E-state index in [2.05, 4.69) is 32.1 Å². The SMILES string of the molecule is CC1(Nc2nc(N)nc(N3CCCCC3)n2)CCOC1. The zero-order chi connectivity index (χ0) is 14.0. The number of nitrogens with zero attached hydrogens (tertiary/aromatic N) is 4. The fourth-order valence-electron chi connectivity index (χ4n) is 2.71. The summed E-state index contributed by atoms with van der Waals surface area (Å²) in [4.78, 5) is 15.2. The van der Waals surface area contributed by atoms with E-state index >= 15 is 0 Å². The molecule has 7 nitrogen and oxygen atoms in total. The third-order valence-electron chi connectivity index (χ3n) is 3.91. The van der Waals surface area contributed by atoms with Gasteiger partial charge in [-0.05, 0) is 32.6 Å². The number of nitrogens with two attached hydrogens (primary N) is 1. The smallest absolute Gasteiger partial charge is 0.231 e. The molecule has 0 radical (unpaired) electrons. The number of hydrogen-bond donors (Lipinski definition) is 2. The van der Waals surface area contributed by atoms with Gasteiger partial charge in [-0.3, -0.25) is 0 Å². The van der Waals surface area contributed by atoms with E-state index in [0.29, 0.717) is 18.5 Å². The van der Waals surface area contributed by atoms with Crippen LogP contribution in [-0.4, -0.2) is 46.8 Å². The van der Waals surface area contributed by atoms with Crippen LogP contribution < -0.4 is 16.0 Å². The van der Waals surface area contributed by atoms with Gasteiger partial charge in [-0.25, -0.2) is 0 Å². The maximum absolute atomic E-state index is 5.82. The number of nitrogen functional groups attached to an aromatic ring is 1. The van der Waals surface area contributed by atoms with Gasteiger partial charge in [0.25, 0.3) is 0 Å². The molecule has 3 rings (SSSR count). The standard InChI is InChI=1S/C13H22N6O/c1-13(5-8-20-9-13)18-11-15-10(14)16-12(17-11)19-6-3-2-4-7-19/h2-9H2,1H3,(H3,14,15,16,17,18). The van der Waals surface area contributed by atoms with Crippen molar-refractivity contribution in [3.63, 3.8) is 0 Å². The van der Waals surface area contributed by atoms with Crippen molar-refractivity contribution < 1.29 is 4.74 Å². The molecule has 1 atom stereocenters. The fraction of sp³-hybridized carbons (Fsp3) is 0.769. The molecule has 0 spiro atoms. The first-order valence-corrected chi connectivity index (χ1v) is 7.27. The van der Waals surface area contributed by atoms with Gasteiger partial charge in [0.05, 0.1) is 12.1 Å². The number of ether oxygens (including phenoxy) is 1. The molecule has 1 aromatic rings. The average Bonchev–Trinajstić information content (AvgIpc) is 2.85. The van der Waals surface area contributed by atoms with Gasteiger partial charge in [0.2, 0.25) is 17.8 Å². The highest BCUT2D eigenvalue weighted by Crippen LogP contribution is 2.24. The van der Waals surface area contributed by atoms with Crippen molar-refractivity contribution in [2.75, 3.05) is 42.3 Å². The van der Waals surface area contributed by atoms with Gasteiger partial charge in [0, 0.05) is 19.7 Å². The number of piperidine rings is 1. The molecule has 3 N–H and O–H groups in total. The molecule has 1 aromatic heterocycles. The predicted octanol–water partition coefficient (Wildman–Crippen LogP) is 1.03. The van der Waals surface area contributed by atoms with Crippen LogP contribution in [-0.2, 0) is 4.74 Å². The summed E-state index contributed by atoms with van der Waals surface area (Å²) in [7, 11) is 0. The van der Waals surface area contributed by atoms with Crippen LogP contribution >= 0.6 is 0 Å². The fourth-order valence-corrected chi connectivity index (χ4v) is 2.71. The summed E-state index contributed by atoms with van der Waals surface area (Å²) >= 11 is 0. The molecule has 2 fully saturated rings. The van der Waals surface area contributed by atoms with E-state index < -0.39 is 0 Å². The number of anilines is 3. The van der Waals surface area contributed by atoms with Crippen molar-refractivity contribution in [3.05, 3.63) is 0 Å².